The molecule has 0 fully saturated rings. The molecule has 90 valence electrons. The molecule has 3 nitrogen and oxygen atoms in total. The Morgan fingerprint density at radius 3 is 2.38 bits per heavy atom. The van der Waals surface area contributed by atoms with Crippen LogP contribution in [0.1, 0.15) is 30.9 Å². The molecule has 1 aromatic carbocycles. The van der Waals surface area contributed by atoms with Crippen molar-refractivity contribution in [2.45, 2.75) is 33.6 Å². The monoisotopic (exact) mass is 242 g/mol. The predicted molar refractivity (Wildman–Crippen MR) is 66.1 cm³/mol. The molecule has 0 bridgehead atoms. The van der Waals surface area contributed by atoms with Gasteiger partial charge in [0.1, 0.15) is 5.75 Å². The molecule has 0 radical (unpaired) electrons. The van der Waals surface area contributed by atoms with Gasteiger partial charge < -0.3 is 9.42 Å². The van der Waals surface area contributed by atoms with Crippen molar-refractivity contribution in [3.63, 3.8) is 0 Å². The third-order valence-electron chi connectivity index (χ3n) is 2.44. The van der Waals surface area contributed by atoms with Gasteiger partial charge in [-0.2, -0.15) is 0 Å². The Labute approximate surface area is 97.0 Å². The molecule has 0 aliphatic carbocycles. The summed E-state index contributed by atoms with van der Waals surface area (Å²) >= 11 is 0. The standard InChI is InChI=1S/C12H19O3P/c1-4-5-9-16(13,14)15-12-10(2)7-6-8-11(12)3/h6-8H,4-5,9H2,1-3H3,(H,13,14). The maximum Gasteiger partial charge on any atom is 0.376 e. The van der Waals surface area contributed by atoms with Crippen LogP contribution in [0.4, 0.5) is 0 Å². The quantitative estimate of drug-likeness (QED) is 0.801. The van der Waals surface area contributed by atoms with Crippen molar-refractivity contribution in [3.05, 3.63) is 29.3 Å². The van der Waals surface area contributed by atoms with Crippen molar-refractivity contribution in [2.75, 3.05) is 6.16 Å². The number of hydrogen-bond acceptors (Lipinski definition) is 2. The van der Waals surface area contributed by atoms with Crippen molar-refractivity contribution < 1.29 is 14.0 Å². The molecule has 1 unspecified atom stereocenters. The van der Waals surface area contributed by atoms with E-state index in [1.54, 1.807) is 0 Å². The molecule has 4 heteroatoms. The smallest absolute Gasteiger partial charge is 0.376 e. The largest absolute Gasteiger partial charge is 0.424 e. The first-order valence-corrected chi connectivity index (χ1v) is 7.30. The van der Waals surface area contributed by atoms with Crippen LogP contribution < -0.4 is 4.52 Å². The lowest BCUT2D eigenvalue weighted by molar-refractivity contribution is 0.376. The maximum atomic E-state index is 11.8. The summed E-state index contributed by atoms with van der Waals surface area (Å²) in [7, 11) is -3.48. The molecular formula is C12H19O3P. The molecule has 0 spiro atoms. The van der Waals surface area contributed by atoms with Crippen molar-refractivity contribution in [1.82, 2.24) is 0 Å². The summed E-state index contributed by atoms with van der Waals surface area (Å²) in [6.07, 6.45) is 1.82. The first-order chi connectivity index (χ1) is 7.46. The summed E-state index contributed by atoms with van der Waals surface area (Å²) < 4.78 is 17.1. The van der Waals surface area contributed by atoms with Crippen LogP contribution in [0.15, 0.2) is 18.2 Å². The first-order valence-electron chi connectivity index (χ1n) is 5.54. The third-order valence-corrected chi connectivity index (χ3v) is 3.79. The number of benzene rings is 1. The van der Waals surface area contributed by atoms with E-state index >= 15 is 0 Å². The summed E-state index contributed by atoms with van der Waals surface area (Å²) in [5.74, 6) is 0.546. The molecule has 0 heterocycles. The van der Waals surface area contributed by atoms with Gasteiger partial charge in [-0.15, -0.1) is 0 Å². The van der Waals surface area contributed by atoms with E-state index in [0.717, 1.165) is 17.5 Å². The normalized spacial score (nSPS) is 14.5. The average molecular weight is 242 g/mol. The molecule has 1 N–H and O–H groups in total. The van der Waals surface area contributed by atoms with Gasteiger partial charge in [-0.05, 0) is 31.4 Å². The predicted octanol–water partition coefficient (Wildman–Crippen LogP) is 3.67. The topological polar surface area (TPSA) is 46.5 Å². The van der Waals surface area contributed by atoms with Gasteiger partial charge in [-0.25, -0.2) is 4.57 Å². The number of aryl methyl sites for hydroxylation is 2. The van der Waals surface area contributed by atoms with E-state index in [9.17, 15) is 9.46 Å². The Balaban J connectivity index is 2.83. The van der Waals surface area contributed by atoms with Gasteiger partial charge >= 0.3 is 7.60 Å². The van der Waals surface area contributed by atoms with Crippen LogP contribution in [-0.4, -0.2) is 11.1 Å². The van der Waals surface area contributed by atoms with Crippen LogP contribution in [-0.2, 0) is 4.57 Å². The highest BCUT2D eigenvalue weighted by Gasteiger charge is 2.21. The first kappa shape index (κ1) is 13.3. The Bertz CT molecular complexity index is 381. The van der Waals surface area contributed by atoms with Gasteiger partial charge in [0.2, 0.25) is 0 Å². The fraction of sp³-hybridized carbons (Fsp3) is 0.500. The van der Waals surface area contributed by atoms with E-state index in [0.29, 0.717) is 12.2 Å². The zero-order chi connectivity index (χ0) is 12.2. The summed E-state index contributed by atoms with van der Waals surface area (Å²) in [6, 6.07) is 5.66. The highest BCUT2D eigenvalue weighted by Crippen LogP contribution is 2.45. The van der Waals surface area contributed by atoms with Gasteiger partial charge in [0, 0.05) is 0 Å². The molecule has 0 aliphatic heterocycles. The number of rotatable bonds is 5. The van der Waals surface area contributed by atoms with Crippen molar-refractivity contribution in [3.8, 4) is 5.75 Å². The number of unbranched alkanes of at least 4 members (excludes halogenated alkanes) is 1. The Hall–Kier alpha value is -0.790. The Morgan fingerprint density at radius 1 is 1.31 bits per heavy atom. The lowest BCUT2D eigenvalue weighted by Crippen LogP contribution is -1.99. The molecule has 0 saturated carbocycles. The van der Waals surface area contributed by atoms with Crippen molar-refractivity contribution >= 4 is 7.60 Å². The van der Waals surface area contributed by atoms with E-state index in [1.165, 1.54) is 0 Å². The van der Waals surface area contributed by atoms with Crippen molar-refractivity contribution in [1.29, 1.82) is 0 Å². The molecule has 0 saturated heterocycles. The minimum Gasteiger partial charge on any atom is -0.424 e. The molecule has 0 amide bonds. The summed E-state index contributed by atoms with van der Waals surface area (Å²) in [4.78, 5) is 9.68. The zero-order valence-corrected chi connectivity index (χ0v) is 11.0. The minimum atomic E-state index is -3.48. The van der Waals surface area contributed by atoms with Crippen LogP contribution in [0, 0.1) is 13.8 Å². The fourth-order valence-corrected chi connectivity index (χ4v) is 2.87. The van der Waals surface area contributed by atoms with Crippen LogP contribution in [0.2, 0.25) is 0 Å². The Morgan fingerprint density at radius 2 is 1.88 bits per heavy atom. The highest BCUT2D eigenvalue weighted by atomic mass is 31.2. The molecule has 16 heavy (non-hydrogen) atoms. The lowest BCUT2D eigenvalue weighted by Gasteiger charge is -2.16. The van der Waals surface area contributed by atoms with Gasteiger partial charge in [0.15, 0.2) is 0 Å². The van der Waals surface area contributed by atoms with Crippen LogP contribution >= 0.6 is 7.60 Å². The van der Waals surface area contributed by atoms with Crippen LogP contribution in [0.5, 0.6) is 5.75 Å². The second-order valence-corrected chi connectivity index (χ2v) is 5.93. The Kier molecular flexibility index (Phi) is 4.57. The average Bonchev–Trinajstić information content (AvgIpc) is 2.21. The second kappa shape index (κ2) is 5.51. The minimum absolute atomic E-state index is 0.220. The SMILES string of the molecule is CCCCP(=O)(O)Oc1c(C)cccc1C. The molecular weight excluding hydrogens is 223 g/mol. The second-order valence-electron chi connectivity index (χ2n) is 4.03. The number of para-hydroxylation sites is 1. The number of hydrogen-bond donors (Lipinski definition) is 1. The van der Waals surface area contributed by atoms with E-state index in [2.05, 4.69) is 0 Å². The van der Waals surface area contributed by atoms with E-state index < -0.39 is 7.60 Å². The van der Waals surface area contributed by atoms with Gasteiger partial charge in [-0.3, -0.25) is 0 Å². The lowest BCUT2D eigenvalue weighted by atomic mass is 10.1. The van der Waals surface area contributed by atoms with Gasteiger partial charge in [0.25, 0.3) is 0 Å². The third kappa shape index (κ3) is 3.66. The maximum absolute atomic E-state index is 11.8. The molecule has 0 aliphatic rings. The summed E-state index contributed by atoms with van der Waals surface area (Å²) in [5, 5.41) is 0. The summed E-state index contributed by atoms with van der Waals surface area (Å²) in [5.41, 5.74) is 1.79. The molecule has 1 aromatic rings. The molecule has 1 rings (SSSR count). The van der Waals surface area contributed by atoms with E-state index in [1.807, 2.05) is 39.0 Å². The van der Waals surface area contributed by atoms with Gasteiger partial charge in [0.05, 0.1) is 6.16 Å². The summed E-state index contributed by atoms with van der Waals surface area (Å²) in [6.45, 7) is 5.74. The van der Waals surface area contributed by atoms with Crippen LogP contribution in [0.25, 0.3) is 0 Å². The van der Waals surface area contributed by atoms with Gasteiger partial charge in [-0.1, -0.05) is 31.5 Å². The van der Waals surface area contributed by atoms with E-state index in [4.69, 9.17) is 4.52 Å². The molecule has 1 atom stereocenters. The van der Waals surface area contributed by atoms with Crippen molar-refractivity contribution in [2.24, 2.45) is 0 Å². The molecule has 0 aromatic heterocycles. The van der Waals surface area contributed by atoms with E-state index in [-0.39, 0.29) is 6.16 Å². The van der Waals surface area contributed by atoms with Crippen LogP contribution in [0.3, 0.4) is 0 Å². The fourth-order valence-electron chi connectivity index (χ4n) is 1.49. The zero-order valence-electron chi connectivity index (χ0n) is 10.1. The highest BCUT2D eigenvalue weighted by molar-refractivity contribution is 7.53.